The van der Waals surface area contributed by atoms with Gasteiger partial charge in [0.2, 0.25) is 0 Å². The van der Waals surface area contributed by atoms with Gasteiger partial charge in [0.15, 0.2) is 0 Å². The van der Waals surface area contributed by atoms with Gasteiger partial charge in [-0.3, -0.25) is 4.79 Å². The van der Waals surface area contributed by atoms with Crippen molar-refractivity contribution in [1.82, 2.24) is 9.97 Å². The molecule has 2 heterocycles. The van der Waals surface area contributed by atoms with Gasteiger partial charge < -0.3 is 19.9 Å². The van der Waals surface area contributed by atoms with Gasteiger partial charge in [-0.1, -0.05) is 0 Å². The van der Waals surface area contributed by atoms with Crippen molar-refractivity contribution in [2.45, 2.75) is 19.3 Å². The van der Waals surface area contributed by atoms with Crippen molar-refractivity contribution < 1.29 is 9.53 Å². The molecule has 0 atom stereocenters. The summed E-state index contributed by atoms with van der Waals surface area (Å²) in [5.41, 5.74) is 2.28. The minimum atomic E-state index is -0.223. The van der Waals surface area contributed by atoms with E-state index in [1.807, 2.05) is 31.3 Å². The fraction of sp³-hybridized carbons (Fsp3) is 0.476. The normalized spacial score (nSPS) is 17.1. The topological polar surface area (TPSA) is 70.6 Å². The molecule has 7 nitrogen and oxygen atoms in total. The van der Waals surface area contributed by atoms with Crippen molar-refractivity contribution in [3.63, 3.8) is 0 Å². The summed E-state index contributed by atoms with van der Waals surface area (Å²) in [5.74, 6) is 1.32. The molecule has 148 valence electrons. The predicted molar refractivity (Wildman–Crippen MR) is 110 cm³/mol. The molecule has 1 aliphatic carbocycles. The first-order valence-electron chi connectivity index (χ1n) is 9.96. The molecule has 28 heavy (non-hydrogen) atoms. The molecule has 4 rings (SSSR count). The number of nitrogens with one attached hydrogen (secondary N) is 1. The number of hydrogen-bond donors (Lipinski definition) is 1. The van der Waals surface area contributed by atoms with Crippen LogP contribution in [0.1, 0.15) is 29.8 Å². The standard InChI is InChI=1S/C21H27N5O2/c1-25(14-16-3-4-16)20-13-19(22-15-23-20)21(27)24-17-5-7-18(8-6-17)26-9-2-11-28-12-10-26/h5-8,13,15-16H,2-4,9-12,14H2,1H3,(H,24,27). The van der Waals surface area contributed by atoms with Gasteiger partial charge in [-0.05, 0) is 49.4 Å². The molecule has 2 aliphatic rings. The van der Waals surface area contributed by atoms with E-state index in [1.54, 1.807) is 6.07 Å². The fourth-order valence-electron chi connectivity index (χ4n) is 3.42. The molecule has 0 radical (unpaired) electrons. The Bertz CT molecular complexity index is 799. The zero-order valence-electron chi connectivity index (χ0n) is 16.3. The molecule has 0 bridgehead atoms. The highest BCUT2D eigenvalue weighted by atomic mass is 16.5. The zero-order chi connectivity index (χ0) is 19.3. The van der Waals surface area contributed by atoms with E-state index >= 15 is 0 Å². The number of nitrogens with zero attached hydrogens (tertiary/aromatic N) is 4. The summed E-state index contributed by atoms with van der Waals surface area (Å²) >= 11 is 0. The van der Waals surface area contributed by atoms with Crippen LogP contribution >= 0.6 is 0 Å². The number of amides is 1. The number of aromatic nitrogens is 2. The quantitative estimate of drug-likeness (QED) is 0.830. The maximum absolute atomic E-state index is 12.6. The second-order valence-corrected chi connectivity index (χ2v) is 7.54. The van der Waals surface area contributed by atoms with Gasteiger partial charge in [0.1, 0.15) is 17.8 Å². The molecule has 1 amide bonds. The third kappa shape index (κ3) is 4.78. The molecular formula is C21H27N5O2. The molecule has 1 aromatic heterocycles. The third-order valence-corrected chi connectivity index (χ3v) is 5.22. The Balaban J connectivity index is 1.39. The number of ether oxygens (including phenoxy) is 1. The summed E-state index contributed by atoms with van der Waals surface area (Å²) < 4.78 is 5.51. The monoisotopic (exact) mass is 381 g/mol. The Morgan fingerprint density at radius 2 is 2.04 bits per heavy atom. The van der Waals surface area contributed by atoms with Crippen LogP contribution in [-0.4, -0.2) is 55.8 Å². The molecule has 7 heteroatoms. The molecule has 2 fully saturated rings. The van der Waals surface area contributed by atoms with Crippen LogP contribution in [0.15, 0.2) is 36.7 Å². The van der Waals surface area contributed by atoms with Crippen molar-refractivity contribution in [2.75, 3.05) is 55.0 Å². The van der Waals surface area contributed by atoms with Crippen LogP contribution in [0.2, 0.25) is 0 Å². The first-order valence-corrected chi connectivity index (χ1v) is 9.96. The summed E-state index contributed by atoms with van der Waals surface area (Å²) in [4.78, 5) is 25.5. The number of anilines is 3. The molecule has 1 aromatic carbocycles. The lowest BCUT2D eigenvalue weighted by molar-refractivity contribution is 0.102. The first-order chi connectivity index (χ1) is 13.7. The summed E-state index contributed by atoms with van der Waals surface area (Å²) in [6.45, 7) is 4.43. The van der Waals surface area contributed by atoms with Crippen molar-refractivity contribution in [3.8, 4) is 0 Å². The van der Waals surface area contributed by atoms with Gasteiger partial charge in [0.05, 0.1) is 6.61 Å². The van der Waals surface area contributed by atoms with E-state index in [-0.39, 0.29) is 5.91 Å². The molecule has 1 N–H and O–H groups in total. The van der Waals surface area contributed by atoms with Crippen molar-refractivity contribution in [3.05, 3.63) is 42.4 Å². The number of benzene rings is 1. The van der Waals surface area contributed by atoms with E-state index in [0.717, 1.165) is 62.4 Å². The number of hydrogen-bond acceptors (Lipinski definition) is 6. The van der Waals surface area contributed by atoms with E-state index in [0.29, 0.717) is 5.69 Å². The van der Waals surface area contributed by atoms with Crippen LogP contribution in [0.25, 0.3) is 0 Å². The summed E-state index contributed by atoms with van der Waals surface area (Å²) in [7, 11) is 2.01. The molecule has 1 saturated carbocycles. The van der Waals surface area contributed by atoms with Crippen LogP contribution in [0.4, 0.5) is 17.2 Å². The van der Waals surface area contributed by atoms with E-state index in [9.17, 15) is 4.79 Å². The van der Waals surface area contributed by atoms with E-state index in [2.05, 4.69) is 25.1 Å². The maximum Gasteiger partial charge on any atom is 0.274 e. The Morgan fingerprint density at radius 3 is 2.82 bits per heavy atom. The van der Waals surface area contributed by atoms with Gasteiger partial charge in [-0.25, -0.2) is 9.97 Å². The Morgan fingerprint density at radius 1 is 1.21 bits per heavy atom. The van der Waals surface area contributed by atoms with Crippen LogP contribution in [-0.2, 0) is 4.74 Å². The molecule has 0 unspecified atom stereocenters. The lowest BCUT2D eigenvalue weighted by Gasteiger charge is -2.22. The Hall–Kier alpha value is -2.67. The van der Waals surface area contributed by atoms with Crippen molar-refractivity contribution >= 4 is 23.1 Å². The van der Waals surface area contributed by atoms with Gasteiger partial charge >= 0.3 is 0 Å². The highest BCUT2D eigenvalue weighted by Crippen LogP contribution is 2.30. The van der Waals surface area contributed by atoms with Crippen LogP contribution in [0.5, 0.6) is 0 Å². The number of carbonyl (C=O) groups is 1. The van der Waals surface area contributed by atoms with Crippen LogP contribution in [0, 0.1) is 5.92 Å². The van der Waals surface area contributed by atoms with Gasteiger partial charge in [-0.15, -0.1) is 0 Å². The average molecular weight is 381 g/mol. The SMILES string of the molecule is CN(CC1CC1)c1cc(C(=O)Nc2ccc(N3CCCOCC3)cc2)ncn1. The van der Waals surface area contributed by atoms with E-state index < -0.39 is 0 Å². The number of carbonyl (C=O) groups excluding carboxylic acids is 1. The molecule has 2 aromatic rings. The lowest BCUT2D eigenvalue weighted by atomic mass is 10.2. The predicted octanol–water partition coefficient (Wildman–Crippen LogP) is 2.80. The van der Waals surface area contributed by atoms with Gasteiger partial charge in [0, 0.05) is 50.7 Å². The Labute approximate surface area is 165 Å². The van der Waals surface area contributed by atoms with Crippen LogP contribution in [0.3, 0.4) is 0 Å². The van der Waals surface area contributed by atoms with E-state index in [4.69, 9.17) is 4.74 Å². The maximum atomic E-state index is 12.6. The van der Waals surface area contributed by atoms with Gasteiger partial charge in [0.25, 0.3) is 5.91 Å². The smallest absolute Gasteiger partial charge is 0.274 e. The second-order valence-electron chi connectivity index (χ2n) is 7.54. The average Bonchev–Trinajstić information content (AvgIpc) is 3.56. The highest BCUT2D eigenvalue weighted by molar-refractivity contribution is 6.03. The largest absolute Gasteiger partial charge is 0.380 e. The highest BCUT2D eigenvalue weighted by Gasteiger charge is 2.23. The number of rotatable bonds is 6. The van der Waals surface area contributed by atoms with Crippen molar-refractivity contribution in [2.24, 2.45) is 5.92 Å². The van der Waals surface area contributed by atoms with E-state index in [1.165, 1.54) is 19.2 Å². The molecule has 1 aliphatic heterocycles. The molecule has 0 spiro atoms. The lowest BCUT2D eigenvalue weighted by Crippen LogP contribution is -2.25. The van der Waals surface area contributed by atoms with Crippen LogP contribution < -0.4 is 15.1 Å². The summed E-state index contributed by atoms with van der Waals surface area (Å²) in [6.07, 6.45) is 5.05. The summed E-state index contributed by atoms with van der Waals surface area (Å²) in [5, 5.41) is 2.93. The minimum Gasteiger partial charge on any atom is -0.380 e. The summed E-state index contributed by atoms with van der Waals surface area (Å²) in [6, 6.07) is 9.69. The third-order valence-electron chi connectivity index (χ3n) is 5.22. The zero-order valence-corrected chi connectivity index (χ0v) is 16.3. The van der Waals surface area contributed by atoms with Crippen molar-refractivity contribution in [1.29, 1.82) is 0 Å². The fourth-order valence-corrected chi connectivity index (χ4v) is 3.42. The minimum absolute atomic E-state index is 0.223. The Kier molecular flexibility index (Phi) is 5.71. The van der Waals surface area contributed by atoms with Gasteiger partial charge in [-0.2, -0.15) is 0 Å². The first kappa shape index (κ1) is 18.7. The second kappa shape index (κ2) is 8.56. The molecule has 1 saturated heterocycles. The molecular weight excluding hydrogens is 354 g/mol.